The van der Waals surface area contributed by atoms with Crippen molar-refractivity contribution in [2.45, 2.75) is 19.3 Å². The van der Waals surface area contributed by atoms with Gasteiger partial charge in [-0.15, -0.1) is 0 Å². The number of carbonyl (C=O) groups excluding carboxylic acids is 1. The van der Waals surface area contributed by atoms with Crippen LogP contribution >= 0.6 is 0 Å². The van der Waals surface area contributed by atoms with Crippen LogP contribution in [0.3, 0.4) is 0 Å². The molecule has 21 heavy (non-hydrogen) atoms. The molecule has 0 fully saturated rings. The SMILES string of the molecule is Cn1ccnc1CCNc1cc2c(cc1N)CCC(=O)N2. The predicted octanol–water partition coefficient (Wildman–Crippen LogP) is 1.54. The Morgan fingerprint density at radius 3 is 3.05 bits per heavy atom. The summed E-state index contributed by atoms with van der Waals surface area (Å²) in [6, 6.07) is 3.86. The Morgan fingerprint density at radius 2 is 2.29 bits per heavy atom. The third-order valence-electron chi connectivity index (χ3n) is 3.76. The molecule has 1 aliphatic rings. The van der Waals surface area contributed by atoms with Crippen molar-refractivity contribution >= 4 is 23.0 Å². The number of hydrogen-bond donors (Lipinski definition) is 3. The number of anilines is 3. The molecular weight excluding hydrogens is 266 g/mol. The lowest BCUT2D eigenvalue weighted by atomic mass is 10.0. The lowest BCUT2D eigenvalue weighted by Crippen LogP contribution is -2.19. The van der Waals surface area contributed by atoms with Gasteiger partial charge in [-0.2, -0.15) is 0 Å². The highest BCUT2D eigenvalue weighted by Crippen LogP contribution is 2.30. The van der Waals surface area contributed by atoms with Crippen LogP contribution in [-0.2, 0) is 24.7 Å². The summed E-state index contributed by atoms with van der Waals surface area (Å²) in [5.41, 5.74) is 9.60. The van der Waals surface area contributed by atoms with Gasteiger partial charge in [-0.3, -0.25) is 4.79 Å². The van der Waals surface area contributed by atoms with Gasteiger partial charge < -0.3 is 20.9 Å². The van der Waals surface area contributed by atoms with E-state index in [4.69, 9.17) is 5.73 Å². The summed E-state index contributed by atoms with van der Waals surface area (Å²) in [4.78, 5) is 15.7. The number of benzene rings is 1. The van der Waals surface area contributed by atoms with Gasteiger partial charge in [-0.25, -0.2) is 4.98 Å². The molecule has 6 nitrogen and oxygen atoms in total. The number of nitrogen functional groups attached to an aromatic ring is 1. The summed E-state index contributed by atoms with van der Waals surface area (Å²) < 4.78 is 2.00. The number of nitrogens with one attached hydrogen (secondary N) is 2. The van der Waals surface area contributed by atoms with E-state index in [1.165, 1.54) is 0 Å². The number of aromatic nitrogens is 2. The van der Waals surface area contributed by atoms with Gasteiger partial charge in [0, 0.05) is 44.5 Å². The zero-order valence-electron chi connectivity index (χ0n) is 12.0. The number of aryl methyl sites for hydroxylation is 2. The highest BCUT2D eigenvalue weighted by atomic mass is 16.1. The summed E-state index contributed by atoms with van der Waals surface area (Å²) >= 11 is 0. The van der Waals surface area contributed by atoms with Gasteiger partial charge in [-0.1, -0.05) is 0 Å². The van der Waals surface area contributed by atoms with Gasteiger partial charge >= 0.3 is 0 Å². The zero-order chi connectivity index (χ0) is 14.8. The van der Waals surface area contributed by atoms with E-state index in [1.807, 2.05) is 29.9 Å². The van der Waals surface area contributed by atoms with Gasteiger partial charge in [0.1, 0.15) is 5.82 Å². The molecule has 0 radical (unpaired) electrons. The molecule has 4 N–H and O–H groups in total. The first kappa shape index (κ1) is 13.5. The van der Waals surface area contributed by atoms with Gasteiger partial charge in [0.25, 0.3) is 0 Å². The number of nitrogens with two attached hydrogens (primary N) is 1. The second-order valence-corrected chi connectivity index (χ2v) is 5.28. The van der Waals surface area contributed by atoms with E-state index >= 15 is 0 Å². The average molecular weight is 285 g/mol. The number of hydrogen-bond acceptors (Lipinski definition) is 4. The Hall–Kier alpha value is -2.50. The van der Waals surface area contributed by atoms with Crippen molar-refractivity contribution in [3.63, 3.8) is 0 Å². The number of rotatable bonds is 4. The van der Waals surface area contributed by atoms with Crippen molar-refractivity contribution < 1.29 is 4.79 Å². The molecule has 6 heteroatoms. The summed E-state index contributed by atoms with van der Waals surface area (Å²) in [5, 5.41) is 6.20. The molecule has 1 aliphatic heterocycles. The Labute approximate surface area is 123 Å². The van der Waals surface area contributed by atoms with Crippen LogP contribution in [0.1, 0.15) is 17.8 Å². The minimum atomic E-state index is 0.0613. The molecule has 0 unspecified atom stereocenters. The fraction of sp³-hybridized carbons (Fsp3) is 0.333. The van der Waals surface area contributed by atoms with Crippen LogP contribution in [0.4, 0.5) is 17.1 Å². The van der Waals surface area contributed by atoms with Crippen LogP contribution in [0.5, 0.6) is 0 Å². The summed E-state index contributed by atoms with van der Waals surface area (Å²) in [6.07, 6.45) is 5.81. The topological polar surface area (TPSA) is 85.0 Å². The quantitative estimate of drug-likeness (QED) is 0.744. The van der Waals surface area contributed by atoms with E-state index in [0.717, 1.165) is 42.1 Å². The average Bonchev–Trinajstić information content (AvgIpc) is 2.85. The lowest BCUT2D eigenvalue weighted by molar-refractivity contribution is -0.116. The third-order valence-corrected chi connectivity index (χ3v) is 3.76. The normalized spacial score (nSPS) is 13.7. The van der Waals surface area contributed by atoms with Crippen LogP contribution in [-0.4, -0.2) is 22.0 Å². The number of imidazole rings is 1. The molecule has 0 spiro atoms. The Kier molecular flexibility index (Phi) is 3.51. The minimum Gasteiger partial charge on any atom is -0.397 e. The molecule has 0 bridgehead atoms. The van der Waals surface area contributed by atoms with E-state index in [2.05, 4.69) is 15.6 Å². The van der Waals surface area contributed by atoms with Crippen LogP contribution in [0.15, 0.2) is 24.5 Å². The van der Waals surface area contributed by atoms with Crippen molar-refractivity contribution in [3.8, 4) is 0 Å². The van der Waals surface area contributed by atoms with Gasteiger partial charge in [-0.05, 0) is 24.1 Å². The van der Waals surface area contributed by atoms with Gasteiger partial charge in [0.05, 0.1) is 11.4 Å². The van der Waals surface area contributed by atoms with Crippen molar-refractivity contribution in [1.29, 1.82) is 0 Å². The van der Waals surface area contributed by atoms with Crippen LogP contribution in [0, 0.1) is 0 Å². The first-order chi connectivity index (χ1) is 10.1. The van der Waals surface area contributed by atoms with Gasteiger partial charge in [0.15, 0.2) is 0 Å². The Balaban J connectivity index is 1.69. The highest BCUT2D eigenvalue weighted by Gasteiger charge is 2.16. The summed E-state index contributed by atoms with van der Waals surface area (Å²) in [5.74, 6) is 1.08. The number of amides is 1. The molecule has 1 aromatic carbocycles. The fourth-order valence-corrected chi connectivity index (χ4v) is 2.55. The number of nitrogens with zero attached hydrogens (tertiary/aromatic N) is 2. The third kappa shape index (κ3) is 2.84. The molecule has 1 aromatic heterocycles. The first-order valence-electron chi connectivity index (χ1n) is 7.06. The lowest BCUT2D eigenvalue weighted by Gasteiger charge is -2.19. The largest absolute Gasteiger partial charge is 0.397 e. The minimum absolute atomic E-state index is 0.0613. The first-order valence-corrected chi connectivity index (χ1v) is 7.06. The van der Waals surface area contributed by atoms with Crippen molar-refractivity contribution in [1.82, 2.24) is 9.55 Å². The second-order valence-electron chi connectivity index (χ2n) is 5.28. The molecule has 2 heterocycles. The number of carbonyl (C=O) groups is 1. The highest BCUT2D eigenvalue weighted by molar-refractivity contribution is 5.95. The van der Waals surface area contributed by atoms with E-state index < -0.39 is 0 Å². The maximum Gasteiger partial charge on any atom is 0.224 e. The maximum absolute atomic E-state index is 11.5. The number of fused-ring (bicyclic) bond motifs is 1. The van der Waals surface area contributed by atoms with E-state index in [0.29, 0.717) is 12.1 Å². The van der Waals surface area contributed by atoms with E-state index in [-0.39, 0.29) is 5.91 Å². The molecule has 3 rings (SSSR count). The smallest absolute Gasteiger partial charge is 0.224 e. The molecule has 0 aliphatic carbocycles. The maximum atomic E-state index is 11.5. The standard InChI is InChI=1S/C15H19N5O/c1-20-7-6-18-14(20)4-5-17-13-9-12-10(8-11(13)16)2-3-15(21)19-12/h6-9,17H,2-5,16H2,1H3,(H,19,21). The fourth-order valence-electron chi connectivity index (χ4n) is 2.55. The molecule has 0 saturated carbocycles. The molecule has 0 atom stereocenters. The zero-order valence-corrected chi connectivity index (χ0v) is 12.0. The molecule has 1 amide bonds. The Morgan fingerprint density at radius 1 is 1.43 bits per heavy atom. The Bertz CT molecular complexity index is 677. The molecular formula is C15H19N5O. The second kappa shape index (κ2) is 5.47. The van der Waals surface area contributed by atoms with E-state index in [9.17, 15) is 4.79 Å². The van der Waals surface area contributed by atoms with Crippen molar-refractivity contribution in [2.75, 3.05) is 22.9 Å². The molecule has 110 valence electrons. The summed E-state index contributed by atoms with van der Waals surface area (Å²) in [6.45, 7) is 0.738. The van der Waals surface area contributed by atoms with Crippen LogP contribution in [0.2, 0.25) is 0 Å². The van der Waals surface area contributed by atoms with Crippen LogP contribution < -0.4 is 16.4 Å². The van der Waals surface area contributed by atoms with Crippen molar-refractivity contribution in [3.05, 3.63) is 35.9 Å². The monoisotopic (exact) mass is 285 g/mol. The van der Waals surface area contributed by atoms with Crippen molar-refractivity contribution in [2.24, 2.45) is 7.05 Å². The predicted molar refractivity (Wildman–Crippen MR) is 83.2 cm³/mol. The van der Waals surface area contributed by atoms with Gasteiger partial charge in [0.2, 0.25) is 5.91 Å². The van der Waals surface area contributed by atoms with Crippen LogP contribution in [0.25, 0.3) is 0 Å². The summed E-state index contributed by atoms with van der Waals surface area (Å²) in [7, 11) is 1.98. The molecule has 0 saturated heterocycles. The molecule has 2 aromatic rings. The van der Waals surface area contributed by atoms with E-state index in [1.54, 1.807) is 6.20 Å².